The van der Waals surface area contributed by atoms with Gasteiger partial charge in [0.15, 0.2) is 0 Å². The summed E-state index contributed by atoms with van der Waals surface area (Å²) in [6.45, 7) is 5.19. The minimum absolute atomic E-state index is 0.217. The first-order valence-electron chi connectivity index (χ1n) is 11.6. The molecule has 1 fully saturated rings. The van der Waals surface area contributed by atoms with E-state index in [-0.39, 0.29) is 5.52 Å². The third-order valence-electron chi connectivity index (χ3n) is 5.95. The summed E-state index contributed by atoms with van der Waals surface area (Å²) in [7, 11) is -1.28. The van der Waals surface area contributed by atoms with Gasteiger partial charge in [-0.25, -0.2) is 4.98 Å². The molecule has 0 spiro atoms. The second-order valence-corrected chi connectivity index (χ2v) is 10.0. The number of alkyl halides is 3. The van der Waals surface area contributed by atoms with Gasteiger partial charge in [0.1, 0.15) is 0 Å². The maximum atomic E-state index is 12.9. The van der Waals surface area contributed by atoms with Crippen LogP contribution in [0.25, 0.3) is 10.9 Å². The van der Waals surface area contributed by atoms with Crippen LogP contribution in [0.5, 0.6) is 0 Å². The number of hydrogen-bond donors (Lipinski definition) is 0. The molecule has 4 rings (SSSR count). The highest BCUT2D eigenvalue weighted by atomic mass is 32.2. The van der Waals surface area contributed by atoms with Crippen molar-refractivity contribution in [2.45, 2.75) is 49.8 Å². The summed E-state index contributed by atoms with van der Waals surface area (Å²) in [6.07, 6.45) is 4.75. The third kappa shape index (κ3) is 6.64. The normalized spacial score (nSPS) is 16.2. The average Bonchev–Trinajstić information content (AvgIpc) is 3.27. The Labute approximate surface area is 199 Å². The average molecular weight is 495 g/mol. The monoisotopic (exact) mass is 494 g/mol. The van der Waals surface area contributed by atoms with E-state index in [1.54, 1.807) is 6.07 Å². The van der Waals surface area contributed by atoms with Crippen LogP contribution in [0.15, 0.2) is 47.9 Å². The Kier molecular flexibility index (Phi) is 8.33. The fourth-order valence-corrected chi connectivity index (χ4v) is 5.40. The highest BCUT2D eigenvalue weighted by Gasteiger charge is 2.30. The number of ether oxygens (including phenoxy) is 1. The Hall–Kier alpha value is -2.30. The van der Waals surface area contributed by atoms with Crippen molar-refractivity contribution in [1.82, 2.24) is 19.4 Å². The molecule has 0 N–H and O–H groups in total. The molecular formula is C24H29F3N4O2S. The maximum absolute atomic E-state index is 12.9. The van der Waals surface area contributed by atoms with Gasteiger partial charge in [0.2, 0.25) is 0 Å². The lowest BCUT2D eigenvalue weighted by atomic mass is 10.1. The third-order valence-corrected chi connectivity index (χ3v) is 7.45. The Morgan fingerprint density at radius 2 is 1.82 bits per heavy atom. The molecule has 0 saturated carbocycles. The second-order valence-electron chi connectivity index (χ2n) is 8.49. The number of halogens is 3. The van der Waals surface area contributed by atoms with Crippen molar-refractivity contribution in [1.29, 1.82) is 0 Å². The lowest BCUT2D eigenvalue weighted by molar-refractivity contribution is -0.137. The Morgan fingerprint density at radius 1 is 1.03 bits per heavy atom. The fraction of sp³-hybridized carbons (Fsp3) is 0.500. The molecule has 34 heavy (non-hydrogen) atoms. The smallest absolute Gasteiger partial charge is 0.379 e. The Balaban J connectivity index is 1.19. The summed E-state index contributed by atoms with van der Waals surface area (Å²) in [6, 6.07) is 5.04. The first kappa shape index (κ1) is 24.8. The van der Waals surface area contributed by atoms with E-state index in [2.05, 4.69) is 25.6 Å². The minimum atomic E-state index is -4.42. The van der Waals surface area contributed by atoms with Gasteiger partial charge in [0, 0.05) is 54.6 Å². The largest absolute Gasteiger partial charge is 0.416 e. The van der Waals surface area contributed by atoms with E-state index in [4.69, 9.17) is 4.74 Å². The SMILES string of the molecule is O=S(CCCCCCn1cnc(CN2CCOCC2)c1)c1ccnc2cc(C(F)(F)F)ccc12. The molecule has 10 heteroatoms. The van der Waals surface area contributed by atoms with Crippen molar-refractivity contribution in [3.05, 3.63) is 54.2 Å². The maximum Gasteiger partial charge on any atom is 0.416 e. The zero-order valence-electron chi connectivity index (χ0n) is 19.0. The molecule has 3 heterocycles. The molecule has 1 aliphatic rings. The van der Waals surface area contributed by atoms with Crippen LogP contribution in [0.3, 0.4) is 0 Å². The van der Waals surface area contributed by atoms with Gasteiger partial charge in [0.05, 0.1) is 47.1 Å². The van der Waals surface area contributed by atoms with E-state index >= 15 is 0 Å². The van der Waals surface area contributed by atoms with Crippen LogP contribution >= 0.6 is 0 Å². The van der Waals surface area contributed by atoms with E-state index < -0.39 is 22.5 Å². The van der Waals surface area contributed by atoms with E-state index in [9.17, 15) is 17.4 Å². The van der Waals surface area contributed by atoms with Gasteiger partial charge in [-0.3, -0.25) is 14.1 Å². The van der Waals surface area contributed by atoms with Gasteiger partial charge in [0.25, 0.3) is 0 Å². The molecule has 3 aromatic rings. The number of benzene rings is 1. The molecule has 1 aromatic carbocycles. The summed E-state index contributed by atoms with van der Waals surface area (Å²) in [5.41, 5.74) is 0.541. The molecule has 1 saturated heterocycles. The Morgan fingerprint density at radius 3 is 2.62 bits per heavy atom. The molecule has 0 amide bonds. The predicted molar refractivity (Wildman–Crippen MR) is 125 cm³/mol. The summed E-state index contributed by atoms with van der Waals surface area (Å²) in [5, 5.41) is 0.516. The molecule has 0 radical (unpaired) electrons. The number of pyridine rings is 1. The van der Waals surface area contributed by atoms with Crippen molar-refractivity contribution >= 4 is 21.7 Å². The lowest BCUT2D eigenvalue weighted by Crippen LogP contribution is -2.35. The molecule has 1 aliphatic heterocycles. The van der Waals surface area contributed by atoms with Crippen LogP contribution < -0.4 is 0 Å². The van der Waals surface area contributed by atoms with Gasteiger partial charge in [-0.1, -0.05) is 18.9 Å². The topological polar surface area (TPSA) is 60.2 Å². The van der Waals surface area contributed by atoms with Crippen LogP contribution in [0, 0.1) is 0 Å². The molecule has 6 nitrogen and oxygen atoms in total. The number of nitrogens with zero attached hydrogens (tertiary/aromatic N) is 4. The number of imidazole rings is 1. The summed E-state index contributed by atoms with van der Waals surface area (Å²) in [5.74, 6) is 0.481. The highest BCUT2D eigenvalue weighted by molar-refractivity contribution is 7.85. The Bertz CT molecular complexity index is 1110. The van der Waals surface area contributed by atoms with Gasteiger partial charge in [-0.2, -0.15) is 13.2 Å². The van der Waals surface area contributed by atoms with Crippen molar-refractivity contribution in [2.24, 2.45) is 0 Å². The number of rotatable bonds is 10. The van der Waals surface area contributed by atoms with Crippen LogP contribution in [-0.4, -0.2) is 55.7 Å². The molecular weight excluding hydrogens is 465 g/mol. The fourth-order valence-electron chi connectivity index (χ4n) is 4.09. The second kappa shape index (κ2) is 11.4. The number of unbranched alkanes of at least 4 members (excludes halogenated alkanes) is 3. The molecule has 0 aliphatic carbocycles. The van der Waals surface area contributed by atoms with Gasteiger partial charge < -0.3 is 9.30 Å². The zero-order chi connectivity index (χ0) is 24.0. The zero-order valence-corrected chi connectivity index (χ0v) is 19.8. The first-order valence-corrected chi connectivity index (χ1v) is 12.9. The minimum Gasteiger partial charge on any atom is -0.379 e. The lowest BCUT2D eigenvalue weighted by Gasteiger charge is -2.25. The quantitative estimate of drug-likeness (QED) is 0.384. The van der Waals surface area contributed by atoms with E-state index in [0.717, 1.165) is 82.9 Å². The van der Waals surface area contributed by atoms with Crippen LogP contribution in [-0.2, 0) is 34.8 Å². The van der Waals surface area contributed by atoms with Gasteiger partial charge >= 0.3 is 6.18 Å². The van der Waals surface area contributed by atoms with Crippen molar-refractivity contribution < 1.29 is 22.1 Å². The van der Waals surface area contributed by atoms with E-state index in [0.29, 0.717) is 16.0 Å². The number of morpholine rings is 1. The van der Waals surface area contributed by atoms with Crippen molar-refractivity contribution in [3.63, 3.8) is 0 Å². The molecule has 1 unspecified atom stereocenters. The van der Waals surface area contributed by atoms with E-state index in [1.165, 1.54) is 12.3 Å². The standard InChI is InChI=1S/C24H29F3N4O2S/c25-24(26,27)19-5-6-21-22(15-19)28-8-7-23(21)34(32)14-4-2-1-3-9-31-17-20(29-18-31)16-30-10-12-33-13-11-30/h5-8,15,17-18H,1-4,9-14,16H2. The van der Waals surface area contributed by atoms with Crippen LogP contribution in [0.1, 0.15) is 36.9 Å². The highest BCUT2D eigenvalue weighted by Crippen LogP contribution is 2.32. The number of aryl methyl sites for hydroxylation is 1. The summed E-state index contributed by atoms with van der Waals surface area (Å²) in [4.78, 5) is 11.4. The summed E-state index contributed by atoms with van der Waals surface area (Å²) >= 11 is 0. The molecule has 1 atom stereocenters. The molecule has 184 valence electrons. The van der Waals surface area contributed by atoms with E-state index in [1.807, 2.05) is 6.33 Å². The first-order chi connectivity index (χ1) is 16.4. The molecule has 0 bridgehead atoms. The van der Waals surface area contributed by atoms with Crippen molar-refractivity contribution in [2.75, 3.05) is 32.1 Å². The van der Waals surface area contributed by atoms with Crippen LogP contribution in [0.4, 0.5) is 13.2 Å². The number of fused-ring (bicyclic) bond motifs is 1. The number of hydrogen-bond acceptors (Lipinski definition) is 5. The van der Waals surface area contributed by atoms with Crippen LogP contribution in [0.2, 0.25) is 0 Å². The molecule has 2 aromatic heterocycles. The predicted octanol–water partition coefficient (Wildman–Crippen LogP) is 4.65. The summed E-state index contributed by atoms with van der Waals surface area (Å²) < 4.78 is 59.1. The van der Waals surface area contributed by atoms with Gasteiger partial charge in [-0.15, -0.1) is 0 Å². The van der Waals surface area contributed by atoms with Gasteiger partial charge in [-0.05, 0) is 31.0 Å². The van der Waals surface area contributed by atoms with Crippen molar-refractivity contribution in [3.8, 4) is 0 Å². The number of aromatic nitrogens is 3.